The molecule has 1 radical (unpaired) electrons. The zero-order chi connectivity index (χ0) is 9.64. The standard InChI is InChI=1S/C12H13O/c1-8-4-5-9-7-12(2,3)11(13)10(9)6-8/h4-6H,2,7H2,1,3H3. The topological polar surface area (TPSA) is 17.1 Å². The molecule has 0 spiro atoms. The molecule has 1 unspecified atom stereocenters. The highest BCUT2D eigenvalue weighted by atomic mass is 16.1. The summed E-state index contributed by atoms with van der Waals surface area (Å²) in [5.41, 5.74) is 2.73. The van der Waals surface area contributed by atoms with Gasteiger partial charge in [-0.2, -0.15) is 0 Å². The Morgan fingerprint density at radius 1 is 1.46 bits per heavy atom. The molecule has 67 valence electrons. The quantitative estimate of drug-likeness (QED) is 0.589. The summed E-state index contributed by atoms with van der Waals surface area (Å²) in [5.74, 6) is 0.186. The number of carbonyl (C=O) groups is 1. The molecule has 1 aromatic rings. The monoisotopic (exact) mass is 173 g/mol. The van der Waals surface area contributed by atoms with Crippen LogP contribution in [0, 0.1) is 19.3 Å². The first-order valence-corrected chi connectivity index (χ1v) is 4.50. The van der Waals surface area contributed by atoms with Gasteiger partial charge in [0.05, 0.1) is 0 Å². The Morgan fingerprint density at radius 2 is 2.15 bits per heavy atom. The minimum absolute atomic E-state index is 0.186. The lowest BCUT2D eigenvalue weighted by molar-refractivity contribution is 0.0889. The first-order chi connectivity index (χ1) is 6.00. The number of fused-ring (bicyclic) bond motifs is 1. The summed E-state index contributed by atoms with van der Waals surface area (Å²) in [6.07, 6.45) is 0.779. The van der Waals surface area contributed by atoms with E-state index in [1.807, 2.05) is 32.0 Å². The molecular weight excluding hydrogens is 160 g/mol. The van der Waals surface area contributed by atoms with Crippen LogP contribution in [0.2, 0.25) is 0 Å². The Morgan fingerprint density at radius 3 is 2.85 bits per heavy atom. The van der Waals surface area contributed by atoms with Gasteiger partial charge in [0.25, 0.3) is 0 Å². The lowest BCUT2D eigenvalue weighted by Gasteiger charge is -2.12. The fraction of sp³-hybridized carbons (Fsp3) is 0.333. The highest BCUT2D eigenvalue weighted by Crippen LogP contribution is 2.35. The van der Waals surface area contributed by atoms with E-state index in [1.54, 1.807) is 0 Å². The summed E-state index contributed by atoms with van der Waals surface area (Å²) in [7, 11) is 0. The second-order valence-electron chi connectivity index (χ2n) is 4.23. The van der Waals surface area contributed by atoms with Crippen molar-refractivity contribution >= 4 is 5.78 Å². The van der Waals surface area contributed by atoms with Crippen molar-refractivity contribution in [2.45, 2.75) is 20.3 Å². The number of carbonyl (C=O) groups excluding carboxylic acids is 1. The number of Topliss-reactive ketones (excluding diaryl/α,β-unsaturated/α-hetero) is 1. The Bertz CT molecular complexity index is 375. The summed E-state index contributed by atoms with van der Waals surface area (Å²) in [5, 5.41) is 0. The van der Waals surface area contributed by atoms with Crippen molar-refractivity contribution in [3.8, 4) is 0 Å². The third kappa shape index (κ3) is 1.19. The average molecular weight is 173 g/mol. The molecule has 0 saturated heterocycles. The van der Waals surface area contributed by atoms with Crippen molar-refractivity contribution in [3.63, 3.8) is 0 Å². The third-order valence-electron chi connectivity index (χ3n) is 2.64. The van der Waals surface area contributed by atoms with Crippen LogP contribution in [0.4, 0.5) is 0 Å². The Balaban J connectivity index is 2.57. The molecule has 1 heteroatoms. The number of ketones is 1. The van der Waals surface area contributed by atoms with Gasteiger partial charge in [0.1, 0.15) is 0 Å². The van der Waals surface area contributed by atoms with Crippen molar-refractivity contribution in [3.05, 3.63) is 41.8 Å². The van der Waals surface area contributed by atoms with E-state index in [-0.39, 0.29) is 5.78 Å². The molecule has 0 fully saturated rings. The predicted molar refractivity (Wildman–Crippen MR) is 52.7 cm³/mol. The summed E-state index contributed by atoms with van der Waals surface area (Å²) in [4.78, 5) is 11.8. The molecule has 0 aromatic heterocycles. The number of hydrogen-bond acceptors (Lipinski definition) is 1. The highest BCUT2D eigenvalue weighted by Gasteiger charge is 2.37. The largest absolute Gasteiger partial charge is 0.294 e. The molecule has 1 aliphatic rings. The smallest absolute Gasteiger partial charge is 0.169 e. The van der Waals surface area contributed by atoms with Gasteiger partial charge in [0.2, 0.25) is 0 Å². The molecule has 0 saturated carbocycles. The molecule has 0 amide bonds. The Kier molecular flexibility index (Phi) is 1.59. The van der Waals surface area contributed by atoms with E-state index < -0.39 is 5.41 Å². The van der Waals surface area contributed by atoms with Crippen LogP contribution in [0.5, 0.6) is 0 Å². The van der Waals surface area contributed by atoms with Crippen LogP contribution >= 0.6 is 0 Å². The van der Waals surface area contributed by atoms with Gasteiger partial charge in [0, 0.05) is 11.0 Å². The fourth-order valence-corrected chi connectivity index (χ4v) is 1.88. The van der Waals surface area contributed by atoms with Gasteiger partial charge in [-0.1, -0.05) is 24.6 Å². The van der Waals surface area contributed by atoms with Gasteiger partial charge in [-0.25, -0.2) is 0 Å². The molecule has 1 aliphatic carbocycles. The number of benzene rings is 1. The molecule has 13 heavy (non-hydrogen) atoms. The first kappa shape index (κ1) is 8.49. The van der Waals surface area contributed by atoms with Crippen LogP contribution in [0.25, 0.3) is 0 Å². The molecule has 2 rings (SSSR count). The van der Waals surface area contributed by atoms with E-state index >= 15 is 0 Å². The van der Waals surface area contributed by atoms with Crippen LogP contribution in [0.1, 0.15) is 28.4 Å². The van der Waals surface area contributed by atoms with Gasteiger partial charge < -0.3 is 0 Å². The van der Waals surface area contributed by atoms with E-state index in [4.69, 9.17) is 0 Å². The van der Waals surface area contributed by atoms with Crippen molar-refractivity contribution < 1.29 is 4.79 Å². The van der Waals surface area contributed by atoms with Crippen LogP contribution < -0.4 is 0 Å². The van der Waals surface area contributed by atoms with Crippen molar-refractivity contribution in [1.82, 2.24) is 0 Å². The normalized spacial score (nSPS) is 18.8. The fourth-order valence-electron chi connectivity index (χ4n) is 1.88. The number of hydrogen-bond donors (Lipinski definition) is 0. The molecule has 1 nitrogen and oxygen atoms in total. The molecular formula is C12H13O. The summed E-state index contributed by atoms with van der Waals surface area (Å²) >= 11 is 0. The molecule has 0 heterocycles. The summed E-state index contributed by atoms with van der Waals surface area (Å²) in [6, 6.07) is 6.06. The van der Waals surface area contributed by atoms with Gasteiger partial charge in [-0.05, 0) is 31.9 Å². The van der Waals surface area contributed by atoms with Gasteiger partial charge >= 0.3 is 0 Å². The van der Waals surface area contributed by atoms with E-state index in [9.17, 15) is 4.79 Å². The molecule has 0 bridgehead atoms. The second kappa shape index (κ2) is 2.44. The predicted octanol–water partition coefficient (Wildman–Crippen LogP) is 2.57. The Labute approximate surface area is 78.8 Å². The minimum atomic E-state index is -0.434. The SMILES string of the molecule is [CH2]C1(C)Cc2ccc(C)cc2C1=O. The second-order valence-corrected chi connectivity index (χ2v) is 4.23. The lowest BCUT2D eigenvalue weighted by atomic mass is 9.89. The first-order valence-electron chi connectivity index (χ1n) is 4.50. The lowest BCUT2D eigenvalue weighted by Crippen LogP contribution is -2.19. The maximum absolute atomic E-state index is 11.8. The van der Waals surface area contributed by atoms with Gasteiger partial charge in [-0.15, -0.1) is 0 Å². The van der Waals surface area contributed by atoms with Crippen molar-refractivity contribution in [2.24, 2.45) is 5.41 Å². The van der Waals surface area contributed by atoms with Crippen LogP contribution in [-0.4, -0.2) is 5.78 Å². The maximum atomic E-state index is 11.8. The molecule has 0 aliphatic heterocycles. The van der Waals surface area contributed by atoms with Gasteiger partial charge in [-0.3, -0.25) is 4.79 Å². The van der Waals surface area contributed by atoms with E-state index in [0.29, 0.717) is 0 Å². The number of rotatable bonds is 0. The zero-order valence-electron chi connectivity index (χ0n) is 8.05. The molecule has 1 atom stereocenters. The maximum Gasteiger partial charge on any atom is 0.169 e. The third-order valence-corrected chi connectivity index (χ3v) is 2.64. The van der Waals surface area contributed by atoms with E-state index in [2.05, 4.69) is 6.92 Å². The van der Waals surface area contributed by atoms with Crippen LogP contribution in [-0.2, 0) is 6.42 Å². The van der Waals surface area contributed by atoms with Crippen LogP contribution in [0.15, 0.2) is 18.2 Å². The van der Waals surface area contributed by atoms with E-state index in [0.717, 1.165) is 23.1 Å². The van der Waals surface area contributed by atoms with E-state index in [1.165, 1.54) is 0 Å². The van der Waals surface area contributed by atoms with Crippen molar-refractivity contribution in [1.29, 1.82) is 0 Å². The van der Waals surface area contributed by atoms with Gasteiger partial charge in [0.15, 0.2) is 5.78 Å². The molecule has 1 aromatic carbocycles. The molecule has 0 N–H and O–H groups in total. The minimum Gasteiger partial charge on any atom is -0.294 e. The average Bonchev–Trinajstić information content (AvgIpc) is 2.26. The zero-order valence-corrected chi connectivity index (χ0v) is 8.05. The highest BCUT2D eigenvalue weighted by molar-refractivity contribution is 6.05. The number of aryl methyl sites for hydroxylation is 1. The summed E-state index contributed by atoms with van der Waals surface area (Å²) in [6.45, 7) is 7.86. The van der Waals surface area contributed by atoms with Crippen molar-refractivity contribution in [2.75, 3.05) is 0 Å². The summed E-state index contributed by atoms with van der Waals surface area (Å²) < 4.78 is 0. The van der Waals surface area contributed by atoms with Crippen LogP contribution in [0.3, 0.4) is 0 Å². The Hall–Kier alpha value is -1.11.